The van der Waals surface area contributed by atoms with Crippen LogP contribution in [0.15, 0.2) is 42.5 Å². The molecule has 156 valence electrons. The Labute approximate surface area is 176 Å². The third kappa shape index (κ3) is 3.48. The van der Waals surface area contributed by atoms with E-state index in [1.165, 1.54) is 31.4 Å². The molecule has 1 amide bonds. The molecule has 2 fully saturated rings. The highest BCUT2D eigenvalue weighted by Gasteiger charge is 2.42. The largest absolute Gasteiger partial charge is 0.350 e. The summed E-state index contributed by atoms with van der Waals surface area (Å²) in [6, 6.07) is 8.74. The lowest BCUT2D eigenvalue weighted by atomic mass is 9.74. The molecule has 29 heavy (non-hydrogen) atoms. The number of fused-ring (bicyclic) bond motifs is 4. The average molecular weight is 393 g/mol. The fourth-order valence-corrected chi connectivity index (χ4v) is 6.23. The minimum absolute atomic E-state index is 0. The Balaban J connectivity index is 0.00000218. The Kier molecular flexibility index (Phi) is 4.90. The zero-order valence-electron chi connectivity index (χ0n) is 17.9. The van der Waals surface area contributed by atoms with Gasteiger partial charge in [0.05, 0.1) is 0 Å². The van der Waals surface area contributed by atoms with Crippen molar-refractivity contribution in [2.24, 2.45) is 17.8 Å². The Morgan fingerprint density at radius 2 is 2.00 bits per heavy atom. The summed E-state index contributed by atoms with van der Waals surface area (Å²) in [5.74, 6) is 2.62. The van der Waals surface area contributed by atoms with Gasteiger partial charge >= 0.3 is 0 Å². The average Bonchev–Trinajstić information content (AvgIpc) is 3.25. The van der Waals surface area contributed by atoms with Crippen molar-refractivity contribution >= 4 is 11.5 Å². The first-order valence-corrected chi connectivity index (χ1v) is 11.6. The molecule has 3 atom stereocenters. The van der Waals surface area contributed by atoms with Crippen molar-refractivity contribution in [3.63, 3.8) is 0 Å². The van der Waals surface area contributed by atoms with Gasteiger partial charge in [-0.15, -0.1) is 0 Å². The van der Waals surface area contributed by atoms with Crippen LogP contribution in [0, 0.1) is 17.8 Å². The summed E-state index contributed by atoms with van der Waals surface area (Å²) >= 11 is 0. The normalized spacial score (nSPS) is 29.9. The zero-order chi connectivity index (χ0) is 20.0. The monoisotopic (exact) mass is 392 g/mol. The Morgan fingerprint density at radius 3 is 2.79 bits per heavy atom. The van der Waals surface area contributed by atoms with Gasteiger partial charge < -0.3 is 10.2 Å². The van der Waals surface area contributed by atoms with Crippen LogP contribution in [-0.4, -0.2) is 36.5 Å². The van der Waals surface area contributed by atoms with E-state index in [4.69, 9.17) is 0 Å². The maximum absolute atomic E-state index is 12.8. The molecule has 2 bridgehead atoms. The van der Waals surface area contributed by atoms with Crippen molar-refractivity contribution in [3.05, 3.63) is 53.6 Å². The van der Waals surface area contributed by atoms with Crippen molar-refractivity contribution in [2.45, 2.75) is 57.4 Å². The van der Waals surface area contributed by atoms with E-state index in [1.54, 1.807) is 0 Å². The number of likely N-dealkylation sites (tertiary alicyclic amines) is 1. The van der Waals surface area contributed by atoms with Gasteiger partial charge in [0.25, 0.3) is 5.91 Å². The van der Waals surface area contributed by atoms with E-state index < -0.39 is 0 Å². The van der Waals surface area contributed by atoms with Crippen LogP contribution in [0.3, 0.4) is 0 Å². The number of nitrogens with one attached hydrogen (secondary N) is 1. The van der Waals surface area contributed by atoms with Gasteiger partial charge in [0.15, 0.2) is 0 Å². The van der Waals surface area contributed by atoms with Crippen molar-refractivity contribution in [1.82, 2.24) is 10.2 Å². The van der Waals surface area contributed by atoms with Gasteiger partial charge in [0.2, 0.25) is 0 Å². The summed E-state index contributed by atoms with van der Waals surface area (Å²) in [6.07, 6.45) is 13.7. The van der Waals surface area contributed by atoms with Crippen LogP contribution in [0.5, 0.6) is 0 Å². The highest BCUT2D eigenvalue weighted by atomic mass is 16.1. The first-order valence-electron chi connectivity index (χ1n) is 11.6. The molecule has 3 heteroatoms. The fourth-order valence-electron chi connectivity index (χ4n) is 6.23. The summed E-state index contributed by atoms with van der Waals surface area (Å²) in [7, 11) is 0. The van der Waals surface area contributed by atoms with Gasteiger partial charge in [0, 0.05) is 25.0 Å². The molecular formula is C26H36N2O. The molecule has 1 N–H and O–H groups in total. The van der Waals surface area contributed by atoms with Crippen molar-refractivity contribution in [2.75, 3.05) is 19.6 Å². The van der Waals surface area contributed by atoms with Gasteiger partial charge in [0.1, 0.15) is 0 Å². The lowest BCUT2D eigenvalue weighted by Gasteiger charge is -2.41. The Morgan fingerprint density at radius 1 is 1.21 bits per heavy atom. The summed E-state index contributed by atoms with van der Waals surface area (Å²) in [5.41, 5.74) is 3.44. The number of carbonyl (C=O) groups is 1. The number of carbonyl (C=O) groups excluding carboxylic acids is 1. The molecule has 1 spiro atoms. The lowest BCUT2D eigenvalue weighted by molar-refractivity contribution is -0.116. The number of piperidine rings is 1. The molecule has 5 rings (SSSR count). The molecule has 1 aromatic carbocycles. The molecule has 3 aliphatic carbocycles. The van der Waals surface area contributed by atoms with E-state index in [0.29, 0.717) is 0 Å². The molecule has 0 radical (unpaired) electrons. The van der Waals surface area contributed by atoms with E-state index in [9.17, 15) is 4.79 Å². The van der Waals surface area contributed by atoms with E-state index in [1.807, 2.05) is 13.8 Å². The van der Waals surface area contributed by atoms with Crippen LogP contribution in [-0.2, 0) is 10.2 Å². The number of hydrogen-bond acceptors (Lipinski definition) is 2. The second kappa shape index (κ2) is 7.43. The van der Waals surface area contributed by atoms with Crippen molar-refractivity contribution in [1.29, 1.82) is 0 Å². The van der Waals surface area contributed by atoms with Crippen LogP contribution in [0.1, 0.15) is 58.5 Å². The lowest BCUT2D eigenvalue weighted by Crippen LogP contribution is -2.44. The molecule has 0 aromatic heterocycles. The maximum atomic E-state index is 12.8. The number of benzene rings is 1. The van der Waals surface area contributed by atoms with Gasteiger partial charge in [-0.3, -0.25) is 4.79 Å². The first-order chi connectivity index (χ1) is 14.0. The fraction of sp³-hybridized carbons (Fsp3) is 0.577. The summed E-state index contributed by atoms with van der Waals surface area (Å²) in [5, 5.41) is 3.10. The predicted molar refractivity (Wildman–Crippen MR) is 121 cm³/mol. The van der Waals surface area contributed by atoms with E-state index in [2.05, 4.69) is 52.7 Å². The van der Waals surface area contributed by atoms with Crippen LogP contribution < -0.4 is 5.32 Å². The van der Waals surface area contributed by atoms with Crippen LogP contribution in [0.25, 0.3) is 5.57 Å². The zero-order valence-corrected chi connectivity index (χ0v) is 17.9. The topological polar surface area (TPSA) is 32.3 Å². The maximum Gasteiger partial charge on any atom is 0.251 e. The minimum atomic E-state index is 0. The SMILES string of the molecule is CC(C)NC(=O)C1=CC2(CCN(CC3CCC4C=CC3C4)CC2)c2ccccc21.[HH]. The summed E-state index contributed by atoms with van der Waals surface area (Å²) in [6.45, 7) is 7.59. The molecule has 1 aliphatic heterocycles. The number of hydrogen-bond donors (Lipinski definition) is 1. The summed E-state index contributed by atoms with van der Waals surface area (Å²) < 4.78 is 0. The van der Waals surface area contributed by atoms with Gasteiger partial charge in [-0.05, 0) is 87.9 Å². The molecule has 1 saturated heterocycles. The quantitative estimate of drug-likeness (QED) is 0.747. The minimum Gasteiger partial charge on any atom is -0.350 e. The second-order valence-corrected chi connectivity index (χ2v) is 10.1. The standard InChI is InChI=1S/C26H34N2O.H2/c1-18(2)27-25(29)23-16-26(24-6-4-3-5-22(23)24)11-13-28(14-12-26)17-21-10-8-19-7-9-20(21)15-19;/h3-7,9,16,18-21H,8,10-15,17H2,1-2H3,(H,27,29);1H. The molecule has 1 aromatic rings. The number of allylic oxidation sites excluding steroid dienone is 3. The predicted octanol–water partition coefficient (Wildman–Crippen LogP) is 4.79. The number of nitrogens with zero attached hydrogens (tertiary/aromatic N) is 1. The van der Waals surface area contributed by atoms with Gasteiger partial charge in [-0.25, -0.2) is 0 Å². The van der Waals surface area contributed by atoms with E-state index in [-0.39, 0.29) is 18.8 Å². The van der Waals surface area contributed by atoms with Crippen molar-refractivity contribution in [3.8, 4) is 0 Å². The second-order valence-electron chi connectivity index (χ2n) is 10.1. The van der Waals surface area contributed by atoms with Crippen LogP contribution in [0.4, 0.5) is 0 Å². The molecular weight excluding hydrogens is 356 g/mol. The smallest absolute Gasteiger partial charge is 0.251 e. The Hall–Kier alpha value is -1.87. The third-order valence-electron chi connectivity index (χ3n) is 7.80. The summed E-state index contributed by atoms with van der Waals surface area (Å²) in [4.78, 5) is 15.5. The third-order valence-corrected chi connectivity index (χ3v) is 7.80. The van der Waals surface area contributed by atoms with Crippen LogP contribution in [0.2, 0.25) is 0 Å². The molecule has 1 saturated carbocycles. The highest BCUT2D eigenvalue weighted by molar-refractivity contribution is 6.21. The molecule has 4 aliphatic rings. The van der Waals surface area contributed by atoms with Crippen LogP contribution >= 0.6 is 0 Å². The first kappa shape index (κ1) is 19.1. The Bertz CT molecular complexity index is 850. The number of rotatable bonds is 4. The van der Waals surface area contributed by atoms with Crippen molar-refractivity contribution < 1.29 is 6.22 Å². The van der Waals surface area contributed by atoms with E-state index >= 15 is 0 Å². The molecule has 1 heterocycles. The molecule has 3 unspecified atom stereocenters. The number of amides is 1. The van der Waals surface area contributed by atoms with E-state index in [0.717, 1.165) is 54.8 Å². The van der Waals surface area contributed by atoms with Gasteiger partial charge in [-0.2, -0.15) is 0 Å². The highest BCUT2D eigenvalue weighted by Crippen LogP contribution is 2.48. The molecule has 3 nitrogen and oxygen atoms in total. The van der Waals surface area contributed by atoms with Gasteiger partial charge in [-0.1, -0.05) is 42.5 Å².